The van der Waals surface area contributed by atoms with Crippen LogP contribution in [-0.4, -0.2) is 59.7 Å². The fourth-order valence-electron chi connectivity index (χ4n) is 3.75. The second-order valence-corrected chi connectivity index (χ2v) is 7.95. The number of aromatic nitrogens is 2. The van der Waals surface area contributed by atoms with Gasteiger partial charge in [-0.15, -0.1) is 0 Å². The first kappa shape index (κ1) is 18.5. The number of amides is 2. The van der Waals surface area contributed by atoms with Gasteiger partial charge in [0.25, 0.3) is 0 Å². The van der Waals surface area contributed by atoms with Crippen LogP contribution in [0.2, 0.25) is 0 Å². The minimum absolute atomic E-state index is 0.0869. The minimum Gasteiger partial charge on any atom is -0.381 e. The number of nitrogens with one attached hydrogen (secondary N) is 1. The van der Waals surface area contributed by atoms with Crippen molar-refractivity contribution in [3.8, 4) is 0 Å². The zero-order chi connectivity index (χ0) is 18.5. The Balaban J connectivity index is 1.35. The zero-order valence-corrected chi connectivity index (χ0v) is 16.2. The third-order valence-electron chi connectivity index (χ3n) is 5.24. The summed E-state index contributed by atoms with van der Waals surface area (Å²) in [5.41, 5.74) is 1.21. The quantitative estimate of drug-likeness (QED) is 0.852. The molecule has 1 unspecified atom stereocenters. The molecule has 2 aromatic heterocycles. The van der Waals surface area contributed by atoms with Gasteiger partial charge in [0.05, 0.1) is 25.8 Å². The van der Waals surface area contributed by atoms with Crippen molar-refractivity contribution in [1.82, 2.24) is 14.7 Å². The summed E-state index contributed by atoms with van der Waals surface area (Å²) in [6, 6.07) is 3.96. The fourth-order valence-corrected chi connectivity index (χ4v) is 4.41. The van der Waals surface area contributed by atoms with Crippen molar-refractivity contribution in [2.24, 2.45) is 5.92 Å². The van der Waals surface area contributed by atoms with Crippen molar-refractivity contribution in [3.05, 3.63) is 34.7 Å². The monoisotopic (exact) mass is 390 g/mol. The molecular formula is C19H26N4O3S. The summed E-state index contributed by atoms with van der Waals surface area (Å²) in [5, 5.41) is 11.6. The smallest absolute Gasteiger partial charge is 0.323 e. The van der Waals surface area contributed by atoms with E-state index in [0.29, 0.717) is 38.0 Å². The lowest BCUT2D eigenvalue weighted by Crippen LogP contribution is -2.51. The molecule has 27 heavy (non-hydrogen) atoms. The van der Waals surface area contributed by atoms with Crippen molar-refractivity contribution >= 4 is 23.2 Å². The molecule has 2 aromatic rings. The van der Waals surface area contributed by atoms with E-state index < -0.39 is 0 Å². The Morgan fingerprint density at radius 2 is 2.15 bits per heavy atom. The van der Waals surface area contributed by atoms with E-state index in [1.54, 1.807) is 11.3 Å². The maximum Gasteiger partial charge on any atom is 0.323 e. The number of morpholine rings is 1. The van der Waals surface area contributed by atoms with E-state index in [2.05, 4.69) is 27.2 Å². The van der Waals surface area contributed by atoms with E-state index in [0.717, 1.165) is 32.5 Å². The normalized spacial score (nSPS) is 21.3. The van der Waals surface area contributed by atoms with E-state index >= 15 is 0 Å². The fraction of sp³-hybridized carbons (Fsp3) is 0.579. The Labute approximate surface area is 163 Å². The number of hydrogen-bond acceptors (Lipinski definition) is 5. The van der Waals surface area contributed by atoms with Gasteiger partial charge in [0.2, 0.25) is 0 Å². The molecule has 4 rings (SSSR count). The lowest BCUT2D eigenvalue weighted by molar-refractivity contribution is -0.00506. The molecule has 2 fully saturated rings. The molecule has 0 bridgehead atoms. The maximum absolute atomic E-state index is 12.8. The topological polar surface area (TPSA) is 68.6 Å². The first-order valence-electron chi connectivity index (χ1n) is 9.55. The molecular weight excluding hydrogens is 364 g/mol. The van der Waals surface area contributed by atoms with Gasteiger partial charge >= 0.3 is 6.03 Å². The highest BCUT2D eigenvalue weighted by atomic mass is 32.1. The number of carbonyl (C=O) groups excluding carboxylic acids is 1. The molecule has 2 aliphatic heterocycles. The number of hydrogen-bond donors (Lipinski definition) is 1. The molecule has 0 aliphatic carbocycles. The molecule has 1 atom stereocenters. The molecule has 146 valence electrons. The van der Waals surface area contributed by atoms with Gasteiger partial charge in [0, 0.05) is 32.0 Å². The molecule has 7 nitrogen and oxygen atoms in total. The molecule has 0 spiro atoms. The Morgan fingerprint density at radius 3 is 2.96 bits per heavy atom. The van der Waals surface area contributed by atoms with Crippen LogP contribution >= 0.6 is 11.3 Å². The third-order valence-corrected chi connectivity index (χ3v) is 5.97. The van der Waals surface area contributed by atoms with Crippen LogP contribution in [0.3, 0.4) is 0 Å². The van der Waals surface area contributed by atoms with Gasteiger partial charge in [0.1, 0.15) is 0 Å². The van der Waals surface area contributed by atoms with E-state index in [1.807, 2.05) is 21.8 Å². The molecule has 4 heterocycles. The van der Waals surface area contributed by atoms with Gasteiger partial charge < -0.3 is 14.4 Å². The number of carbonyl (C=O) groups is 1. The summed E-state index contributed by atoms with van der Waals surface area (Å²) in [6.07, 6.45) is 5.01. The number of thiophene rings is 1. The third kappa shape index (κ3) is 4.88. The maximum atomic E-state index is 12.8. The first-order chi connectivity index (χ1) is 13.3. The van der Waals surface area contributed by atoms with Gasteiger partial charge in [-0.1, -0.05) is 0 Å². The molecule has 8 heteroatoms. The van der Waals surface area contributed by atoms with Crippen molar-refractivity contribution in [1.29, 1.82) is 0 Å². The number of rotatable bonds is 5. The highest BCUT2D eigenvalue weighted by Crippen LogP contribution is 2.24. The summed E-state index contributed by atoms with van der Waals surface area (Å²) in [4.78, 5) is 14.7. The van der Waals surface area contributed by atoms with Crippen LogP contribution in [0.15, 0.2) is 29.1 Å². The van der Waals surface area contributed by atoms with Crippen molar-refractivity contribution in [2.45, 2.75) is 31.8 Å². The summed E-state index contributed by atoms with van der Waals surface area (Å²) in [6.45, 7) is 4.18. The van der Waals surface area contributed by atoms with Crippen LogP contribution in [0.25, 0.3) is 0 Å². The molecule has 2 aliphatic rings. The van der Waals surface area contributed by atoms with Gasteiger partial charge in [-0.05, 0) is 47.6 Å². The van der Waals surface area contributed by atoms with Crippen LogP contribution in [0, 0.1) is 5.92 Å². The van der Waals surface area contributed by atoms with Gasteiger partial charge in [0.15, 0.2) is 5.82 Å². The Morgan fingerprint density at radius 1 is 1.26 bits per heavy atom. The SMILES string of the molecule is O=C(Nc1ccn(Cc2ccsc2)n1)N1CCOCC1CC1CCOCC1. The first-order valence-corrected chi connectivity index (χ1v) is 10.5. The minimum atomic E-state index is -0.0869. The highest BCUT2D eigenvalue weighted by molar-refractivity contribution is 7.07. The molecule has 0 aromatic carbocycles. The van der Waals surface area contributed by atoms with E-state index in [1.165, 1.54) is 5.56 Å². The molecule has 0 saturated carbocycles. The van der Waals surface area contributed by atoms with Gasteiger partial charge in [-0.25, -0.2) is 4.79 Å². The van der Waals surface area contributed by atoms with E-state index in [4.69, 9.17) is 9.47 Å². The van der Waals surface area contributed by atoms with Gasteiger partial charge in [-0.3, -0.25) is 10.00 Å². The standard InChI is InChI=1S/C19H26N4O3S/c24-19(20-18-1-5-22(21-18)12-16-4-10-27-14-16)23-6-9-26-13-17(23)11-15-2-7-25-8-3-15/h1,4-5,10,14-15,17H,2-3,6-9,11-13H2,(H,20,21,24). The zero-order valence-electron chi connectivity index (χ0n) is 15.4. The highest BCUT2D eigenvalue weighted by Gasteiger charge is 2.30. The predicted molar refractivity (Wildman–Crippen MR) is 104 cm³/mol. The lowest BCUT2D eigenvalue weighted by Gasteiger charge is -2.37. The summed E-state index contributed by atoms with van der Waals surface area (Å²) in [5.74, 6) is 1.19. The van der Waals surface area contributed by atoms with Crippen molar-refractivity contribution in [2.75, 3.05) is 38.3 Å². The Kier molecular flexibility index (Phi) is 6.06. The van der Waals surface area contributed by atoms with Crippen LogP contribution in [-0.2, 0) is 16.0 Å². The number of ether oxygens (including phenoxy) is 2. The Hall–Kier alpha value is -1.90. The molecule has 2 saturated heterocycles. The second kappa shape index (κ2) is 8.86. The average molecular weight is 391 g/mol. The Bertz CT molecular complexity index is 727. The molecule has 0 radical (unpaired) electrons. The van der Waals surface area contributed by atoms with E-state index in [9.17, 15) is 4.79 Å². The summed E-state index contributed by atoms with van der Waals surface area (Å²) >= 11 is 1.67. The summed E-state index contributed by atoms with van der Waals surface area (Å²) < 4.78 is 12.9. The molecule has 1 N–H and O–H groups in total. The number of urea groups is 1. The largest absolute Gasteiger partial charge is 0.381 e. The number of anilines is 1. The second-order valence-electron chi connectivity index (χ2n) is 7.17. The molecule has 2 amide bonds. The average Bonchev–Trinajstić information content (AvgIpc) is 3.35. The van der Waals surface area contributed by atoms with Crippen molar-refractivity contribution in [3.63, 3.8) is 0 Å². The predicted octanol–water partition coefficient (Wildman–Crippen LogP) is 3.04. The van der Waals surface area contributed by atoms with Crippen LogP contribution in [0.4, 0.5) is 10.6 Å². The number of nitrogens with zero attached hydrogens (tertiary/aromatic N) is 3. The van der Waals surface area contributed by atoms with Crippen LogP contribution < -0.4 is 5.32 Å². The van der Waals surface area contributed by atoms with Gasteiger partial charge in [-0.2, -0.15) is 16.4 Å². The van der Waals surface area contributed by atoms with Crippen molar-refractivity contribution < 1.29 is 14.3 Å². The lowest BCUT2D eigenvalue weighted by atomic mass is 9.92. The van der Waals surface area contributed by atoms with Crippen LogP contribution in [0.1, 0.15) is 24.8 Å². The van der Waals surface area contributed by atoms with E-state index in [-0.39, 0.29) is 12.1 Å². The summed E-state index contributed by atoms with van der Waals surface area (Å²) in [7, 11) is 0. The van der Waals surface area contributed by atoms with Crippen LogP contribution in [0.5, 0.6) is 0 Å².